The van der Waals surface area contributed by atoms with Gasteiger partial charge in [0.15, 0.2) is 5.76 Å². The van der Waals surface area contributed by atoms with Gasteiger partial charge in [0.2, 0.25) is 5.91 Å². The Morgan fingerprint density at radius 1 is 1.07 bits per heavy atom. The molecule has 3 aromatic rings. The van der Waals surface area contributed by atoms with E-state index in [-0.39, 0.29) is 24.8 Å². The Balaban J connectivity index is 1.71. The first-order valence-electron chi connectivity index (χ1n) is 9.06. The SMILES string of the molecule is COCc1c(C(=O)NCC(=O)Nc2c(C)cc(C)cc2C)oc2ccccc12. The van der Waals surface area contributed by atoms with Crippen LogP contribution in [0, 0.1) is 20.8 Å². The molecule has 0 aliphatic rings. The Kier molecular flexibility index (Phi) is 5.80. The summed E-state index contributed by atoms with van der Waals surface area (Å²) in [5, 5.41) is 6.32. The predicted molar refractivity (Wildman–Crippen MR) is 109 cm³/mol. The maximum atomic E-state index is 12.6. The summed E-state index contributed by atoms with van der Waals surface area (Å²) in [7, 11) is 1.56. The van der Waals surface area contributed by atoms with E-state index in [1.807, 2.05) is 51.1 Å². The van der Waals surface area contributed by atoms with Crippen molar-refractivity contribution in [1.82, 2.24) is 5.32 Å². The van der Waals surface area contributed by atoms with E-state index in [0.717, 1.165) is 27.8 Å². The lowest BCUT2D eigenvalue weighted by Gasteiger charge is -2.13. The van der Waals surface area contributed by atoms with Crippen molar-refractivity contribution in [2.75, 3.05) is 19.0 Å². The van der Waals surface area contributed by atoms with Gasteiger partial charge < -0.3 is 19.8 Å². The van der Waals surface area contributed by atoms with Crippen LogP contribution < -0.4 is 10.6 Å². The summed E-state index contributed by atoms with van der Waals surface area (Å²) < 4.78 is 10.9. The minimum absolute atomic E-state index is 0.158. The monoisotopic (exact) mass is 380 g/mol. The molecule has 6 heteroatoms. The molecule has 0 fully saturated rings. The number of hydrogen-bond donors (Lipinski definition) is 2. The largest absolute Gasteiger partial charge is 0.451 e. The lowest BCUT2D eigenvalue weighted by atomic mass is 10.1. The highest BCUT2D eigenvalue weighted by atomic mass is 16.5. The van der Waals surface area contributed by atoms with Crippen molar-refractivity contribution in [3.8, 4) is 0 Å². The number of rotatable bonds is 6. The Hall–Kier alpha value is -3.12. The lowest BCUT2D eigenvalue weighted by molar-refractivity contribution is -0.115. The number of fused-ring (bicyclic) bond motifs is 1. The lowest BCUT2D eigenvalue weighted by Crippen LogP contribution is -2.33. The number of benzene rings is 2. The summed E-state index contributed by atoms with van der Waals surface area (Å²) in [6.07, 6.45) is 0. The van der Waals surface area contributed by atoms with Crippen LogP contribution in [0.3, 0.4) is 0 Å². The third-order valence-electron chi connectivity index (χ3n) is 4.54. The maximum absolute atomic E-state index is 12.6. The van der Waals surface area contributed by atoms with E-state index in [2.05, 4.69) is 10.6 Å². The Morgan fingerprint density at radius 2 is 1.75 bits per heavy atom. The molecule has 2 N–H and O–H groups in total. The highest BCUT2D eigenvalue weighted by Crippen LogP contribution is 2.26. The first-order valence-corrected chi connectivity index (χ1v) is 9.06. The van der Waals surface area contributed by atoms with E-state index in [1.54, 1.807) is 13.2 Å². The molecule has 0 spiro atoms. The number of carbonyl (C=O) groups is 2. The number of anilines is 1. The van der Waals surface area contributed by atoms with Crippen LogP contribution >= 0.6 is 0 Å². The van der Waals surface area contributed by atoms with Crippen LogP contribution in [-0.2, 0) is 16.1 Å². The summed E-state index contributed by atoms with van der Waals surface area (Å²) in [5.41, 5.74) is 5.15. The standard InChI is InChI=1S/C22H24N2O4/c1-13-9-14(2)20(15(3)10-13)24-19(25)11-23-22(26)21-17(12-27-4)16-7-5-6-8-18(16)28-21/h5-10H,11-12H2,1-4H3,(H,23,26)(H,24,25). The van der Waals surface area contributed by atoms with Gasteiger partial charge in [0.1, 0.15) is 5.58 Å². The van der Waals surface area contributed by atoms with Gasteiger partial charge in [-0.1, -0.05) is 35.9 Å². The average Bonchev–Trinajstić information content (AvgIpc) is 3.02. The number of aryl methyl sites for hydroxylation is 3. The zero-order valence-electron chi connectivity index (χ0n) is 16.5. The van der Waals surface area contributed by atoms with Crippen LogP contribution in [-0.4, -0.2) is 25.5 Å². The van der Waals surface area contributed by atoms with Crippen molar-refractivity contribution < 1.29 is 18.7 Å². The predicted octanol–water partition coefficient (Wildman–Crippen LogP) is 3.87. The molecule has 0 saturated heterocycles. The molecule has 0 aliphatic carbocycles. The molecule has 0 bridgehead atoms. The molecule has 146 valence electrons. The highest BCUT2D eigenvalue weighted by molar-refractivity contribution is 6.02. The van der Waals surface area contributed by atoms with Gasteiger partial charge in [0.05, 0.1) is 13.2 Å². The van der Waals surface area contributed by atoms with Crippen LogP contribution in [0.25, 0.3) is 11.0 Å². The van der Waals surface area contributed by atoms with Gasteiger partial charge in [-0.05, 0) is 38.0 Å². The van der Waals surface area contributed by atoms with Crippen LogP contribution in [0.4, 0.5) is 5.69 Å². The number of methoxy groups -OCH3 is 1. The molecule has 0 unspecified atom stereocenters. The van der Waals surface area contributed by atoms with Crippen molar-refractivity contribution in [2.24, 2.45) is 0 Å². The number of amides is 2. The van der Waals surface area contributed by atoms with Gasteiger partial charge in [-0.25, -0.2) is 0 Å². The molecule has 2 aromatic carbocycles. The Bertz CT molecular complexity index is 1010. The molecular weight excluding hydrogens is 356 g/mol. The quantitative estimate of drug-likeness (QED) is 0.680. The van der Waals surface area contributed by atoms with Crippen molar-refractivity contribution in [2.45, 2.75) is 27.4 Å². The molecule has 0 atom stereocenters. The second-order valence-corrected chi connectivity index (χ2v) is 6.84. The summed E-state index contributed by atoms with van der Waals surface area (Å²) in [6, 6.07) is 11.4. The van der Waals surface area contributed by atoms with Gasteiger partial charge in [0.25, 0.3) is 5.91 Å². The molecule has 0 radical (unpaired) electrons. The normalized spacial score (nSPS) is 10.9. The van der Waals surface area contributed by atoms with E-state index < -0.39 is 5.91 Å². The van der Waals surface area contributed by atoms with Crippen molar-refractivity contribution >= 4 is 28.5 Å². The number of hydrogen-bond acceptors (Lipinski definition) is 4. The van der Waals surface area contributed by atoms with Crippen LogP contribution in [0.15, 0.2) is 40.8 Å². The van der Waals surface area contributed by atoms with E-state index >= 15 is 0 Å². The topological polar surface area (TPSA) is 80.6 Å². The number of ether oxygens (including phenoxy) is 1. The fourth-order valence-electron chi connectivity index (χ4n) is 3.37. The third kappa shape index (κ3) is 4.07. The molecule has 0 saturated carbocycles. The summed E-state index contributed by atoms with van der Waals surface area (Å²) >= 11 is 0. The zero-order chi connectivity index (χ0) is 20.3. The average molecular weight is 380 g/mol. The van der Waals surface area contributed by atoms with E-state index in [9.17, 15) is 9.59 Å². The van der Waals surface area contributed by atoms with Gasteiger partial charge in [-0.15, -0.1) is 0 Å². The van der Waals surface area contributed by atoms with Gasteiger partial charge in [-0.3, -0.25) is 9.59 Å². The summed E-state index contributed by atoms with van der Waals surface area (Å²) in [5.74, 6) is -0.581. The molecule has 3 rings (SSSR count). The highest BCUT2D eigenvalue weighted by Gasteiger charge is 2.21. The molecule has 6 nitrogen and oxygen atoms in total. The molecule has 1 heterocycles. The fraction of sp³-hybridized carbons (Fsp3) is 0.273. The molecule has 28 heavy (non-hydrogen) atoms. The van der Waals surface area contributed by atoms with Gasteiger partial charge in [0, 0.05) is 23.7 Å². The van der Waals surface area contributed by atoms with Crippen LogP contribution in [0.1, 0.15) is 32.8 Å². The van der Waals surface area contributed by atoms with Crippen molar-refractivity contribution in [1.29, 1.82) is 0 Å². The number of nitrogens with one attached hydrogen (secondary N) is 2. The Morgan fingerprint density at radius 3 is 2.43 bits per heavy atom. The third-order valence-corrected chi connectivity index (χ3v) is 4.54. The molecule has 2 amide bonds. The Labute approximate surface area is 163 Å². The summed E-state index contributed by atoms with van der Waals surface area (Å²) in [6.45, 7) is 5.98. The van der Waals surface area contributed by atoms with E-state index in [0.29, 0.717) is 11.1 Å². The first kappa shape index (κ1) is 19.6. The van der Waals surface area contributed by atoms with Crippen LogP contribution in [0.5, 0.6) is 0 Å². The number of para-hydroxylation sites is 1. The minimum Gasteiger partial charge on any atom is -0.451 e. The van der Waals surface area contributed by atoms with Crippen molar-refractivity contribution in [3.05, 3.63) is 64.4 Å². The zero-order valence-corrected chi connectivity index (χ0v) is 16.5. The van der Waals surface area contributed by atoms with E-state index in [4.69, 9.17) is 9.15 Å². The second kappa shape index (κ2) is 8.27. The second-order valence-electron chi connectivity index (χ2n) is 6.84. The number of furan rings is 1. The molecule has 1 aromatic heterocycles. The van der Waals surface area contributed by atoms with Gasteiger partial charge in [-0.2, -0.15) is 0 Å². The molecular formula is C22H24N2O4. The number of carbonyl (C=O) groups excluding carboxylic acids is 2. The van der Waals surface area contributed by atoms with Gasteiger partial charge >= 0.3 is 0 Å². The summed E-state index contributed by atoms with van der Waals surface area (Å²) in [4.78, 5) is 24.9. The van der Waals surface area contributed by atoms with E-state index in [1.165, 1.54) is 0 Å². The first-order chi connectivity index (χ1) is 13.4. The molecule has 0 aliphatic heterocycles. The fourth-order valence-corrected chi connectivity index (χ4v) is 3.37. The maximum Gasteiger partial charge on any atom is 0.287 e. The smallest absolute Gasteiger partial charge is 0.287 e. The van der Waals surface area contributed by atoms with Crippen molar-refractivity contribution in [3.63, 3.8) is 0 Å². The van der Waals surface area contributed by atoms with Crippen LogP contribution in [0.2, 0.25) is 0 Å². The minimum atomic E-state index is -0.448.